The molecule has 0 heterocycles. The van der Waals surface area contributed by atoms with Crippen LogP contribution in [0.2, 0.25) is 0 Å². The zero-order valence-electron chi connectivity index (χ0n) is 9.13. The Balaban J connectivity index is 2.47. The molecule has 1 N–H and O–H groups in total. The van der Waals surface area contributed by atoms with Gasteiger partial charge in [0.25, 0.3) is 0 Å². The summed E-state index contributed by atoms with van der Waals surface area (Å²) < 4.78 is 13.3. The van der Waals surface area contributed by atoms with Gasteiger partial charge in [-0.25, -0.2) is 4.39 Å². The lowest BCUT2D eigenvalue weighted by atomic mass is 10.1. The molecule has 0 saturated carbocycles. The molecule has 0 aromatic heterocycles. The Labute approximate surface area is 95.6 Å². The van der Waals surface area contributed by atoms with Crippen LogP contribution in [0.3, 0.4) is 0 Å². The van der Waals surface area contributed by atoms with Crippen molar-refractivity contribution in [2.75, 3.05) is 5.88 Å². The second-order valence-electron chi connectivity index (χ2n) is 3.89. The van der Waals surface area contributed by atoms with E-state index in [1.165, 1.54) is 6.07 Å². The van der Waals surface area contributed by atoms with E-state index < -0.39 is 0 Å². The van der Waals surface area contributed by atoms with E-state index in [9.17, 15) is 4.39 Å². The minimum absolute atomic E-state index is 0.157. The van der Waals surface area contributed by atoms with E-state index in [2.05, 4.69) is 19.2 Å². The van der Waals surface area contributed by atoms with Gasteiger partial charge in [0.1, 0.15) is 5.82 Å². The summed E-state index contributed by atoms with van der Waals surface area (Å²) in [6, 6.07) is 7.11. The van der Waals surface area contributed by atoms with Gasteiger partial charge in [-0.15, -0.1) is 11.6 Å². The maximum Gasteiger partial charge on any atom is 0.127 e. The molecule has 3 heteroatoms. The summed E-state index contributed by atoms with van der Waals surface area (Å²) in [7, 11) is 0. The Morgan fingerprint density at radius 1 is 1.33 bits per heavy atom. The molecular weight excluding hydrogens is 213 g/mol. The number of alkyl halides is 1. The zero-order chi connectivity index (χ0) is 11.3. The first kappa shape index (κ1) is 12.5. The van der Waals surface area contributed by atoms with Crippen LogP contribution in [0.4, 0.5) is 4.39 Å². The molecule has 0 amide bonds. The van der Waals surface area contributed by atoms with Crippen LogP contribution in [0.5, 0.6) is 0 Å². The Kier molecular flexibility index (Phi) is 5.06. The molecule has 2 atom stereocenters. The van der Waals surface area contributed by atoms with Crippen LogP contribution in [-0.4, -0.2) is 11.9 Å². The first-order valence-corrected chi connectivity index (χ1v) is 5.71. The Bertz CT molecular complexity index is 303. The number of nitrogens with one attached hydrogen (secondary N) is 1. The lowest BCUT2D eigenvalue weighted by Crippen LogP contribution is -2.32. The van der Waals surface area contributed by atoms with E-state index >= 15 is 0 Å². The van der Waals surface area contributed by atoms with E-state index in [-0.39, 0.29) is 5.82 Å². The molecule has 1 aromatic carbocycles. The van der Waals surface area contributed by atoms with Gasteiger partial charge in [-0.05, 0) is 18.9 Å². The van der Waals surface area contributed by atoms with Crippen LogP contribution >= 0.6 is 11.6 Å². The Morgan fingerprint density at radius 2 is 2.00 bits per heavy atom. The highest BCUT2D eigenvalue weighted by Gasteiger charge is 2.10. The first-order chi connectivity index (χ1) is 7.15. The van der Waals surface area contributed by atoms with Crippen molar-refractivity contribution in [1.82, 2.24) is 5.32 Å². The Morgan fingerprint density at radius 3 is 2.60 bits per heavy atom. The molecule has 0 aliphatic carbocycles. The van der Waals surface area contributed by atoms with Gasteiger partial charge in [0, 0.05) is 24.0 Å². The van der Waals surface area contributed by atoms with Crippen molar-refractivity contribution in [3.05, 3.63) is 35.6 Å². The van der Waals surface area contributed by atoms with E-state index in [1.807, 2.05) is 6.07 Å². The van der Waals surface area contributed by atoms with Gasteiger partial charge in [0.2, 0.25) is 0 Å². The SMILES string of the molecule is CC(CCl)C(C)NCc1ccccc1F. The first-order valence-electron chi connectivity index (χ1n) is 5.18. The lowest BCUT2D eigenvalue weighted by Gasteiger charge is -2.19. The molecule has 15 heavy (non-hydrogen) atoms. The zero-order valence-corrected chi connectivity index (χ0v) is 9.89. The third-order valence-corrected chi connectivity index (χ3v) is 3.16. The minimum atomic E-state index is -0.157. The summed E-state index contributed by atoms with van der Waals surface area (Å²) in [5.74, 6) is 0.847. The second kappa shape index (κ2) is 6.09. The molecule has 84 valence electrons. The summed E-state index contributed by atoms with van der Waals surface area (Å²) in [6.07, 6.45) is 0. The quantitative estimate of drug-likeness (QED) is 0.765. The molecule has 0 fully saturated rings. The van der Waals surface area contributed by atoms with E-state index in [0.717, 1.165) is 0 Å². The van der Waals surface area contributed by atoms with Crippen LogP contribution in [-0.2, 0) is 6.54 Å². The van der Waals surface area contributed by atoms with Crippen molar-refractivity contribution in [1.29, 1.82) is 0 Å². The van der Waals surface area contributed by atoms with Crippen molar-refractivity contribution in [2.24, 2.45) is 5.92 Å². The van der Waals surface area contributed by atoms with Gasteiger partial charge in [0.05, 0.1) is 0 Å². The number of rotatable bonds is 5. The minimum Gasteiger partial charge on any atom is -0.310 e. The average molecular weight is 230 g/mol. The van der Waals surface area contributed by atoms with E-state index in [1.54, 1.807) is 12.1 Å². The molecule has 2 unspecified atom stereocenters. The number of hydrogen-bond acceptors (Lipinski definition) is 1. The molecule has 0 bridgehead atoms. The van der Waals surface area contributed by atoms with Crippen molar-refractivity contribution >= 4 is 11.6 Å². The van der Waals surface area contributed by atoms with Gasteiger partial charge in [-0.2, -0.15) is 0 Å². The highest BCUT2D eigenvalue weighted by Crippen LogP contribution is 2.09. The van der Waals surface area contributed by atoms with Gasteiger partial charge in [0.15, 0.2) is 0 Å². The van der Waals surface area contributed by atoms with Crippen molar-refractivity contribution in [3.8, 4) is 0 Å². The maximum atomic E-state index is 13.3. The van der Waals surface area contributed by atoms with Gasteiger partial charge >= 0.3 is 0 Å². The highest BCUT2D eigenvalue weighted by atomic mass is 35.5. The Hall–Kier alpha value is -0.600. The normalized spacial score (nSPS) is 14.9. The topological polar surface area (TPSA) is 12.0 Å². The van der Waals surface area contributed by atoms with Crippen LogP contribution in [0.15, 0.2) is 24.3 Å². The van der Waals surface area contributed by atoms with Crippen LogP contribution in [0.1, 0.15) is 19.4 Å². The molecule has 1 rings (SSSR count). The monoisotopic (exact) mass is 229 g/mol. The largest absolute Gasteiger partial charge is 0.310 e. The van der Waals surface area contributed by atoms with Crippen molar-refractivity contribution in [3.63, 3.8) is 0 Å². The summed E-state index contributed by atoms with van der Waals surface area (Å²) >= 11 is 5.75. The van der Waals surface area contributed by atoms with Gasteiger partial charge < -0.3 is 5.32 Å². The third kappa shape index (κ3) is 3.80. The fourth-order valence-corrected chi connectivity index (χ4v) is 1.51. The fraction of sp³-hybridized carbons (Fsp3) is 0.500. The summed E-state index contributed by atoms with van der Waals surface area (Å²) in [5, 5.41) is 3.27. The third-order valence-electron chi connectivity index (χ3n) is 2.67. The van der Waals surface area contributed by atoms with Gasteiger partial charge in [-0.3, -0.25) is 0 Å². The van der Waals surface area contributed by atoms with Crippen molar-refractivity contribution in [2.45, 2.75) is 26.4 Å². The number of hydrogen-bond donors (Lipinski definition) is 1. The molecule has 1 nitrogen and oxygen atoms in total. The maximum absolute atomic E-state index is 13.3. The fourth-order valence-electron chi connectivity index (χ4n) is 1.25. The molecule has 0 saturated heterocycles. The molecule has 0 spiro atoms. The average Bonchev–Trinajstić information content (AvgIpc) is 2.26. The molecule has 1 aromatic rings. The van der Waals surface area contributed by atoms with E-state index in [0.29, 0.717) is 29.9 Å². The van der Waals surface area contributed by atoms with Crippen LogP contribution < -0.4 is 5.32 Å². The smallest absolute Gasteiger partial charge is 0.127 e. The molecule has 0 aliphatic rings. The lowest BCUT2D eigenvalue weighted by molar-refractivity contribution is 0.425. The summed E-state index contributed by atoms with van der Waals surface area (Å²) in [4.78, 5) is 0. The standard InChI is InChI=1S/C12H17ClFN/c1-9(7-13)10(2)15-8-11-5-3-4-6-12(11)14/h3-6,9-10,15H,7-8H2,1-2H3. The predicted octanol–water partition coefficient (Wildman–Crippen LogP) is 3.18. The molecule has 0 radical (unpaired) electrons. The number of halogens is 2. The van der Waals surface area contributed by atoms with Crippen LogP contribution in [0.25, 0.3) is 0 Å². The predicted molar refractivity (Wildman–Crippen MR) is 62.6 cm³/mol. The molecule has 0 aliphatic heterocycles. The van der Waals surface area contributed by atoms with E-state index in [4.69, 9.17) is 11.6 Å². The van der Waals surface area contributed by atoms with Crippen LogP contribution in [0, 0.1) is 11.7 Å². The summed E-state index contributed by atoms with van der Waals surface area (Å²) in [6.45, 7) is 4.69. The van der Waals surface area contributed by atoms with Crippen molar-refractivity contribution < 1.29 is 4.39 Å². The summed E-state index contributed by atoms with van der Waals surface area (Å²) in [5.41, 5.74) is 0.700. The molecular formula is C12H17ClFN. The number of benzene rings is 1. The highest BCUT2D eigenvalue weighted by molar-refractivity contribution is 6.18. The second-order valence-corrected chi connectivity index (χ2v) is 4.20. The van der Waals surface area contributed by atoms with Gasteiger partial charge in [-0.1, -0.05) is 25.1 Å².